The van der Waals surface area contributed by atoms with E-state index >= 15 is 0 Å². The van der Waals surface area contributed by atoms with E-state index < -0.39 is 30.1 Å². The molecule has 7 nitrogen and oxygen atoms in total. The summed E-state index contributed by atoms with van der Waals surface area (Å²) in [5.41, 5.74) is 1.85. The first-order valence-electron chi connectivity index (χ1n) is 12.0. The summed E-state index contributed by atoms with van der Waals surface area (Å²) in [5, 5.41) is 10.2. The minimum atomic E-state index is -4.56. The minimum Gasteiger partial charge on any atom is -0.462 e. The van der Waals surface area contributed by atoms with Gasteiger partial charge >= 0.3 is 12.1 Å². The number of hydrogen-bond donors (Lipinski definition) is 2. The second kappa shape index (κ2) is 10.1. The summed E-state index contributed by atoms with van der Waals surface area (Å²) in [7, 11) is 0. The molecule has 0 unspecified atom stereocenters. The number of carbonyl (C=O) groups is 2. The molecule has 0 saturated carbocycles. The number of nitrogens with one attached hydrogen (secondary N) is 2. The molecular formula is C25H24BrF3N4O3S. The van der Waals surface area contributed by atoms with Crippen LogP contribution in [0, 0.1) is 0 Å². The Balaban J connectivity index is 1.49. The van der Waals surface area contributed by atoms with Crippen LogP contribution in [0.4, 0.5) is 24.0 Å². The van der Waals surface area contributed by atoms with Crippen LogP contribution < -0.4 is 10.6 Å². The number of esters is 1. The first kappa shape index (κ1) is 25.8. The van der Waals surface area contributed by atoms with Gasteiger partial charge in [-0.15, -0.1) is 11.3 Å². The van der Waals surface area contributed by atoms with E-state index in [0.717, 1.165) is 45.1 Å². The summed E-state index contributed by atoms with van der Waals surface area (Å²) >= 11 is 4.66. The summed E-state index contributed by atoms with van der Waals surface area (Å²) in [4.78, 5) is 27.2. The zero-order valence-corrected chi connectivity index (χ0v) is 22.2. The van der Waals surface area contributed by atoms with E-state index in [9.17, 15) is 22.8 Å². The number of benzene rings is 1. The fourth-order valence-electron chi connectivity index (χ4n) is 4.89. The van der Waals surface area contributed by atoms with Crippen molar-refractivity contribution in [1.82, 2.24) is 9.78 Å². The van der Waals surface area contributed by atoms with Crippen molar-refractivity contribution in [1.29, 1.82) is 0 Å². The molecule has 1 amide bonds. The van der Waals surface area contributed by atoms with Crippen LogP contribution in [0.15, 0.2) is 34.9 Å². The molecule has 1 aromatic carbocycles. The van der Waals surface area contributed by atoms with Crippen LogP contribution >= 0.6 is 27.3 Å². The van der Waals surface area contributed by atoms with Crippen LogP contribution in [0.25, 0.3) is 0 Å². The second-order valence-corrected chi connectivity index (χ2v) is 11.0. The molecule has 2 atom stereocenters. The number of hydrogen-bond acceptors (Lipinski definition) is 6. The lowest BCUT2D eigenvalue weighted by molar-refractivity contribution is -0.173. The third-order valence-electron chi connectivity index (χ3n) is 6.63. The van der Waals surface area contributed by atoms with Crippen molar-refractivity contribution in [3.05, 3.63) is 62.1 Å². The minimum absolute atomic E-state index is 0.0157. The van der Waals surface area contributed by atoms with E-state index in [2.05, 4.69) is 31.7 Å². The molecule has 3 heterocycles. The third-order valence-corrected chi connectivity index (χ3v) is 8.37. The molecule has 0 saturated heterocycles. The topological polar surface area (TPSA) is 85.2 Å². The standard InChI is InChI=1S/C25H24BrF3N4O3S/c1-2-36-24(35)20-15-5-3-4-6-18(15)37-23(20)32-22(34)16-12-30-33-19(25(27,28)29)11-17(31-21(16)33)13-7-9-14(26)10-8-13/h7-10,12,17,19,31H,2-6,11H2,1H3,(H,32,34)/t17-,19-/m0/s1. The smallest absolute Gasteiger partial charge is 0.410 e. The van der Waals surface area contributed by atoms with Gasteiger partial charge in [-0.2, -0.15) is 18.3 Å². The molecule has 5 rings (SSSR count). The van der Waals surface area contributed by atoms with Crippen molar-refractivity contribution >= 4 is 50.0 Å². The van der Waals surface area contributed by atoms with Gasteiger partial charge in [-0.3, -0.25) is 4.79 Å². The Morgan fingerprint density at radius 2 is 1.97 bits per heavy atom. The average molecular weight is 597 g/mol. The van der Waals surface area contributed by atoms with Gasteiger partial charge in [-0.05, 0) is 55.9 Å². The average Bonchev–Trinajstić information content (AvgIpc) is 3.44. The highest BCUT2D eigenvalue weighted by Gasteiger charge is 2.47. The van der Waals surface area contributed by atoms with E-state index in [1.807, 2.05) is 0 Å². The van der Waals surface area contributed by atoms with Gasteiger partial charge in [0.1, 0.15) is 16.4 Å². The van der Waals surface area contributed by atoms with Crippen LogP contribution in [0.1, 0.15) is 75.0 Å². The first-order chi connectivity index (χ1) is 17.7. The number of carbonyl (C=O) groups excluding carboxylic acids is 2. The van der Waals surface area contributed by atoms with Crippen LogP contribution in [-0.2, 0) is 17.6 Å². The Bertz CT molecular complexity index is 1340. The van der Waals surface area contributed by atoms with Crippen molar-refractivity contribution in [2.45, 2.75) is 57.3 Å². The Hall–Kier alpha value is -2.86. The Morgan fingerprint density at radius 1 is 1.24 bits per heavy atom. The summed E-state index contributed by atoms with van der Waals surface area (Å²) < 4.78 is 49.0. The van der Waals surface area contributed by atoms with Gasteiger partial charge in [0.15, 0.2) is 6.04 Å². The predicted molar refractivity (Wildman–Crippen MR) is 137 cm³/mol. The number of halogens is 4. The summed E-state index contributed by atoms with van der Waals surface area (Å²) in [6, 6.07) is 4.41. The summed E-state index contributed by atoms with van der Waals surface area (Å²) in [6.45, 7) is 1.90. The molecule has 196 valence electrons. The molecule has 37 heavy (non-hydrogen) atoms. The molecular weight excluding hydrogens is 573 g/mol. The van der Waals surface area contributed by atoms with Crippen LogP contribution in [-0.4, -0.2) is 34.4 Å². The molecule has 0 radical (unpaired) electrons. The molecule has 1 aliphatic carbocycles. The Labute approximate surface area is 223 Å². The summed E-state index contributed by atoms with van der Waals surface area (Å²) in [5.74, 6) is -1.17. The highest BCUT2D eigenvalue weighted by molar-refractivity contribution is 9.10. The molecule has 0 spiro atoms. The molecule has 0 bridgehead atoms. The largest absolute Gasteiger partial charge is 0.462 e. The Morgan fingerprint density at radius 3 is 2.68 bits per heavy atom. The van der Waals surface area contributed by atoms with E-state index in [1.165, 1.54) is 11.3 Å². The fourth-order valence-corrected chi connectivity index (χ4v) is 6.42. The van der Waals surface area contributed by atoms with Crippen molar-refractivity contribution < 1.29 is 27.5 Å². The van der Waals surface area contributed by atoms with Crippen LogP contribution in [0.5, 0.6) is 0 Å². The number of aromatic nitrogens is 2. The van der Waals surface area contributed by atoms with E-state index in [1.54, 1.807) is 31.2 Å². The maximum Gasteiger partial charge on any atom is 0.410 e. The van der Waals surface area contributed by atoms with Gasteiger partial charge < -0.3 is 15.4 Å². The molecule has 2 aromatic heterocycles. The monoisotopic (exact) mass is 596 g/mol. The molecule has 0 fully saturated rings. The number of alkyl halides is 3. The van der Waals surface area contributed by atoms with Crippen molar-refractivity contribution in [3.63, 3.8) is 0 Å². The normalized spacial score (nSPS) is 18.9. The van der Waals surface area contributed by atoms with E-state index in [4.69, 9.17) is 4.74 Å². The maximum absolute atomic E-state index is 14.0. The molecule has 2 aliphatic rings. The lowest BCUT2D eigenvalue weighted by Crippen LogP contribution is -2.36. The second-order valence-electron chi connectivity index (χ2n) is 8.98. The SMILES string of the molecule is CCOC(=O)c1c(NC(=O)c2cnn3c2N[C@H](c2ccc(Br)cc2)C[C@H]3C(F)(F)F)sc2c1CCCC2. The van der Waals surface area contributed by atoms with E-state index in [-0.39, 0.29) is 24.4 Å². The zero-order valence-electron chi connectivity index (χ0n) is 19.8. The molecule has 12 heteroatoms. The van der Waals surface area contributed by atoms with Gasteiger partial charge in [-0.1, -0.05) is 28.1 Å². The highest BCUT2D eigenvalue weighted by Crippen LogP contribution is 2.45. The van der Waals surface area contributed by atoms with Gasteiger partial charge in [0.25, 0.3) is 5.91 Å². The quantitative estimate of drug-likeness (QED) is 0.321. The van der Waals surface area contributed by atoms with Gasteiger partial charge in [0.2, 0.25) is 0 Å². The number of ether oxygens (including phenoxy) is 1. The van der Waals surface area contributed by atoms with Crippen molar-refractivity contribution in [3.8, 4) is 0 Å². The van der Waals surface area contributed by atoms with Gasteiger partial charge in [0, 0.05) is 15.8 Å². The van der Waals surface area contributed by atoms with Crippen LogP contribution in [0.3, 0.4) is 0 Å². The number of aryl methyl sites for hydroxylation is 1. The summed E-state index contributed by atoms with van der Waals surface area (Å²) in [6.07, 6.45) is -0.268. The number of thiophene rings is 1. The zero-order chi connectivity index (χ0) is 26.3. The van der Waals surface area contributed by atoms with Gasteiger partial charge in [-0.25, -0.2) is 9.48 Å². The lowest BCUT2D eigenvalue weighted by Gasteiger charge is -2.34. The maximum atomic E-state index is 14.0. The number of rotatable bonds is 5. The molecule has 3 aromatic rings. The first-order valence-corrected chi connectivity index (χ1v) is 13.6. The number of amides is 1. The molecule has 2 N–H and O–H groups in total. The van der Waals surface area contributed by atoms with Crippen molar-refractivity contribution in [2.75, 3.05) is 17.2 Å². The fraction of sp³-hybridized carbons (Fsp3) is 0.400. The lowest BCUT2D eigenvalue weighted by atomic mass is 9.95. The molecule has 1 aliphatic heterocycles. The predicted octanol–water partition coefficient (Wildman–Crippen LogP) is 6.68. The van der Waals surface area contributed by atoms with Gasteiger partial charge in [0.05, 0.1) is 24.4 Å². The number of fused-ring (bicyclic) bond motifs is 2. The number of anilines is 2. The Kier molecular flexibility index (Phi) is 7.06. The van der Waals surface area contributed by atoms with E-state index in [0.29, 0.717) is 22.5 Å². The highest BCUT2D eigenvalue weighted by atomic mass is 79.9. The number of nitrogens with zero attached hydrogens (tertiary/aromatic N) is 2. The van der Waals surface area contributed by atoms with Crippen molar-refractivity contribution in [2.24, 2.45) is 0 Å². The third kappa shape index (κ3) is 5.00. The van der Waals surface area contributed by atoms with Crippen LogP contribution in [0.2, 0.25) is 0 Å².